The summed E-state index contributed by atoms with van der Waals surface area (Å²) in [7, 11) is -3.16. The van der Waals surface area contributed by atoms with Crippen LogP contribution >= 0.6 is 0 Å². The van der Waals surface area contributed by atoms with Crippen molar-refractivity contribution in [1.82, 2.24) is 9.88 Å². The van der Waals surface area contributed by atoms with E-state index in [-0.39, 0.29) is 23.1 Å². The standard InChI is InChI=1S/C24H31N3O5S/c1-33(31,32)24(9-10-24)15-26-11-12-27-21-17(3-2-4-20(21)26)13-19(23(27)30)22(29)25-14-16-5-7-18(28)8-6-16/h2-4,13,16,18,28H,5-12,14-15H2,1H3,(H,25,29). The first-order valence-corrected chi connectivity index (χ1v) is 13.6. The van der Waals surface area contributed by atoms with E-state index < -0.39 is 14.6 Å². The molecule has 0 spiro atoms. The molecule has 2 N–H and O–H groups in total. The summed E-state index contributed by atoms with van der Waals surface area (Å²) in [5.74, 6) is -0.0396. The van der Waals surface area contributed by atoms with Crippen molar-refractivity contribution in [1.29, 1.82) is 0 Å². The quantitative estimate of drug-likeness (QED) is 0.661. The molecule has 2 heterocycles. The van der Waals surface area contributed by atoms with E-state index >= 15 is 0 Å². The number of rotatable bonds is 6. The number of benzene rings is 1. The zero-order valence-electron chi connectivity index (χ0n) is 18.9. The molecule has 2 aromatic rings. The average molecular weight is 474 g/mol. The summed E-state index contributed by atoms with van der Waals surface area (Å²) < 4.78 is 25.6. The van der Waals surface area contributed by atoms with Crippen LogP contribution in [0.25, 0.3) is 10.9 Å². The maximum Gasteiger partial charge on any atom is 0.264 e. The Labute approximate surface area is 193 Å². The Hall–Kier alpha value is -2.39. The lowest BCUT2D eigenvalue weighted by Crippen LogP contribution is -2.44. The Morgan fingerprint density at radius 3 is 2.58 bits per heavy atom. The minimum atomic E-state index is -3.16. The molecule has 2 aliphatic carbocycles. The first kappa shape index (κ1) is 22.4. The van der Waals surface area contributed by atoms with Gasteiger partial charge in [0.25, 0.3) is 11.5 Å². The second-order valence-corrected chi connectivity index (χ2v) is 12.4. The van der Waals surface area contributed by atoms with Crippen molar-refractivity contribution in [2.75, 3.05) is 30.8 Å². The predicted octanol–water partition coefficient (Wildman–Crippen LogP) is 1.68. The van der Waals surface area contributed by atoms with Gasteiger partial charge in [-0.1, -0.05) is 12.1 Å². The molecule has 0 bridgehead atoms. The number of sulfone groups is 1. The number of pyridine rings is 1. The Bertz CT molecular complexity index is 1260. The highest BCUT2D eigenvalue weighted by Gasteiger charge is 2.53. The van der Waals surface area contributed by atoms with Crippen LogP contribution in [0.15, 0.2) is 29.1 Å². The molecule has 33 heavy (non-hydrogen) atoms. The van der Waals surface area contributed by atoms with E-state index in [1.54, 1.807) is 10.6 Å². The monoisotopic (exact) mass is 473 g/mol. The zero-order chi connectivity index (χ0) is 23.4. The summed E-state index contributed by atoms with van der Waals surface area (Å²) in [5, 5.41) is 13.4. The molecule has 8 nitrogen and oxygen atoms in total. The summed E-state index contributed by atoms with van der Waals surface area (Å²) in [6.07, 6.45) is 5.66. The first-order chi connectivity index (χ1) is 15.7. The van der Waals surface area contributed by atoms with Crippen LogP contribution in [0.5, 0.6) is 0 Å². The maximum absolute atomic E-state index is 13.3. The number of hydrogen-bond acceptors (Lipinski definition) is 6. The molecule has 1 aromatic carbocycles. The number of aliphatic hydroxyl groups excluding tert-OH is 1. The van der Waals surface area contributed by atoms with Crippen LogP contribution in [-0.4, -0.2) is 60.7 Å². The van der Waals surface area contributed by atoms with Gasteiger partial charge in [0, 0.05) is 37.8 Å². The van der Waals surface area contributed by atoms with Crippen LogP contribution < -0.4 is 15.8 Å². The fourth-order valence-electron chi connectivity index (χ4n) is 5.37. The molecular weight excluding hydrogens is 442 g/mol. The molecule has 0 saturated heterocycles. The van der Waals surface area contributed by atoms with E-state index in [1.807, 2.05) is 18.2 Å². The number of carbonyl (C=O) groups excluding carboxylic acids is 1. The van der Waals surface area contributed by atoms with Crippen molar-refractivity contribution in [3.63, 3.8) is 0 Å². The molecule has 0 radical (unpaired) electrons. The molecular formula is C24H31N3O5S. The topological polar surface area (TPSA) is 109 Å². The minimum Gasteiger partial charge on any atom is -0.393 e. The molecule has 1 aromatic heterocycles. The summed E-state index contributed by atoms with van der Waals surface area (Å²) in [6.45, 7) is 1.87. The number of nitrogens with one attached hydrogen (secondary N) is 1. The Morgan fingerprint density at radius 2 is 1.91 bits per heavy atom. The third-order valence-corrected chi connectivity index (χ3v) is 9.82. The van der Waals surface area contributed by atoms with E-state index in [0.717, 1.165) is 42.3 Å². The van der Waals surface area contributed by atoms with Crippen LogP contribution in [0.3, 0.4) is 0 Å². The Kier molecular flexibility index (Phi) is 5.52. The molecule has 1 amide bonds. The summed E-state index contributed by atoms with van der Waals surface area (Å²) in [6, 6.07) is 7.36. The lowest BCUT2D eigenvalue weighted by atomic mass is 9.87. The van der Waals surface area contributed by atoms with Gasteiger partial charge in [0.2, 0.25) is 0 Å². The van der Waals surface area contributed by atoms with Crippen molar-refractivity contribution in [2.45, 2.75) is 55.9 Å². The second-order valence-electron chi connectivity index (χ2n) is 9.99. The molecule has 2 fully saturated rings. The molecule has 3 aliphatic rings. The zero-order valence-corrected chi connectivity index (χ0v) is 19.7. The van der Waals surface area contributed by atoms with E-state index in [9.17, 15) is 23.1 Å². The fraction of sp³-hybridized carbons (Fsp3) is 0.583. The number of hydrogen-bond donors (Lipinski definition) is 2. The molecule has 178 valence electrons. The minimum absolute atomic E-state index is 0.138. The summed E-state index contributed by atoms with van der Waals surface area (Å²) in [4.78, 5) is 28.2. The van der Waals surface area contributed by atoms with Crippen molar-refractivity contribution in [3.8, 4) is 0 Å². The van der Waals surface area contributed by atoms with E-state index in [2.05, 4.69) is 10.2 Å². The predicted molar refractivity (Wildman–Crippen MR) is 128 cm³/mol. The van der Waals surface area contributed by atoms with Crippen LogP contribution in [0.4, 0.5) is 5.69 Å². The van der Waals surface area contributed by atoms with Crippen molar-refractivity contribution >= 4 is 32.3 Å². The lowest BCUT2D eigenvalue weighted by Gasteiger charge is -2.34. The number of para-hydroxylation sites is 1. The van der Waals surface area contributed by atoms with Gasteiger partial charge in [-0.15, -0.1) is 0 Å². The van der Waals surface area contributed by atoms with Gasteiger partial charge in [0.15, 0.2) is 9.84 Å². The van der Waals surface area contributed by atoms with E-state index in [0.29, 0.717) is 44.9 Å². The van der Waals surface area contributed by atoms with Gasteiger partial charge in [0.1, 0.15) is 5.56 Å². The SMILES string of the molecule is CS(=O)(=O)C1(CN2CCn3c(=O)c(C(=O)NCC4CCC(O)CC4)cc4cccc2c43)CC1. The molecule has 0 atom stereocenters. The number of aliphatic hydroxyl groups is 1. The van der Waals surface area contributed by atoms with Crippen LogP contribution in [0.2, 0.25) is 0 Å². The van der Waals surface area contributed by atoms with Gasteiger partial charge < -0.3 is 19.9 Å². The van der Waals surface area contributed by atoms with Gasteiger partial charge >= 0.3 is 0 Å². The number of amides is 1. The second kappa shape index (κ2) is 8.13. The van der Waals surface area contributed by atoms with Crippen LogP contribution in [0, 0.1) is 5.92 Å². The third kappa shape index (κ3) is 4.05. The Morgan fingerprint density at radius 1 is 1.18 bits per heavy atom. The molecule has 0 unspecified atom stereocenters. The van der Waals surface area contributed by atoms with Crippen LogP contribution in [0.1, 0.15) is 48.9 Å². The average Bonchev–Trinajstić information content (AvgIpc) is 3.57. The largest absolute Gasteiger partial charge is 0.393 e. The third-order valence-electron chi connectivity index (χ3n) is 7.71. The highest BCUT2D eigenvalue weighted by atomic mass is 32.2. The number of anilines is 1. The number of nitrogens with zero attached hydrogens (tertiary/aromatic N) is 2. The van der Waals surface area contributed by atoms with E-state index in [1.165, 1.54) is 6.26 Å². The maximum atomic E-state index is 13.3. The van der Waals surface area contributed by atoms with Crippen LogP contribution in [-0.2, 0) is 16.4 Å². The first-order valence-electron chi connectivity index (χ1n) is 11.8. The Balaban J connectivity index is 1.41. The van der Waals surface area contributed by atoms with Gasteiger partial charge in [-0.25, -0.2) is 8.42 Å². The number of aromatic nitrogens is 1. The van der Waals surface area contributed by atoms with Gasteiger partial charge in [-0.2, -0.15) is 0 Å². The lowest BCUT2D eigenvalue weighted by molar-refractivity contribution is 0.0908. The van der Waals surface area contributed by atoms with Gasteiger partial charge in [-0.05, 0) is 56.6 Å². The molecule has 2 saturated carbocycles. The normalized spacial score (nSPS) is 24.0. The van der Waals surface area contributed by atoms with Crippen molar-refractivity contribution in [2.24, 2.45) is 5.92 Å². The molecule has 9 heteroatoms. The van der Waals surface area contributed by atoms with Crippen molar-refractivity contribution in [3.05, 3.63) is 40.2 Å². The smallest absolute Gasteiger partial charge is 0.264 e. The summed E-state index contributed by atoms with van der Waals surface area (Å²) >= 11 is 0. The molecule has 5 rings (SSSR count). The van der Waals surface area contributed by atoms with Crippen molar-refractivity contribution < 1.29 is 18.3 Å². The highest BCUT2D eigenvalue weighted by Crippen LogP contribution is 2.45. The van der Waals surface area contributed by atoms with Gasteiger partial charge in [0.05, 0.1) is 22.1 Å². The van der Waals surface area contributed by atoms with E-state index in [4.69, 9.17) is 0 Å². The highest BCUT2D eigenvalue weighted by molar-refractivity contribution is 7.92. The van der Waals surface area contributed by atoms with Gasteiger partial charge in [-0.3, -0.25) is 9.59 Å². The summed E-state index contributed by atoms with van der Waals surface area (Å²) in [5.41, 5.74) is 1.43. The fourth-order valence-corrected chi connectivity index (χ4v) is 6.61. The number of carbonyl (C=O) groups is 1. The molecule has 1 aliphatic heterocycles.